The number of para-hydroxylation sites is 2. The van der Waals surface area contributed by atoms with Crippen LogP contribution in [0.5, 0.6) is 17.2 Å². The molecule has 0 spiro atoms. The fraction of sp³-hybridized carbons (Fsp3) is 0.333. The fourth-order valence-corrected chi connectivity index (χ4v) is 3.92. The van der Waals surface area contributed by atoms with Crippen LogP contribution in [0.3, 0.4) is 0 Å². The summed E-state index contributed by atoms with van der Waals surface area (Å²) in [6, 6.07) is 15.2. The van der Waals surface area contributed by atoms with E-state index in [0.717, 1.165) is 17.1 Å². The monoisotopic (exact) mass is 441 g/mol. The molecule has 0 unspecified atom stereocenters. The van der Waals surface area contributed by atoms with Crippen molar-refractivity contribution in [2.24, 2.45) is 0 Å². The first-order valence-electron chi connectivity index (χ1n) is 9.76. The van der Waals surface area contributed by atoms with E-state index in [2.05, 4.69) is 15.5 Å². The Bertz CT molecular complexity index is 1030. The number of likely N-dealkylation sites (N-methyl/N-ethyl adjacent to an activating group) is 1. The normalized spacial score (nSPS) is 14.8. The van der Waals surface area contributed by atoms with Gasteiger partial charge in [0.15, 0.2) is 17.6 Å². The fourth-order valence-electron chi connectivity index (χ4n) is 3.10. The molecule has 10 heteroatoms. The number of fused-ring (bicyclic) bond motifs is 1. The number of thioether (sulfide) groups is 1. The molecule has 0 fully saturated rings. The molecule has 2 aromatic carbocycles. The van der Waals surface area contributed by atoms with Crippen LogP contribution in [0.4, 0.5) is 0 Å². The molecular weight excluding hydrogens is 418 g/mol. The number of carbonyl (C=O) groups excluding carboxylic acids is 1. The number of carbonyl (C=O) groups is 1. The van der Waals surface area contributed by atoms with Gasteiger partial charge in [0.25, 0.3) is 0 Å². The maximum atomic E-state index is 12.6. The van der Waals surface area contributed by atoms with E-state index >= 15 is 0 Å². The molecule has 2 heterocycles. The Morgan fingerprint density at radius 2 is 2.00 bits per heavy atom. The Kier molecular flexibility index (Phi) is 6.56. The molecule has 0 saturated heterocycles. The van der Waals surface area contributed by atoms with E-state index in [1.165, 1.54) is 11.8 Å². The molecular formula is C21H23N5O4S. The predicted molar refractivity (Wildman–Crippen MR) is 115 cm³/mol. The lowest BCUT2D eigenvalue weighted by Crippen LogP contribution is -2.42. The summed E-state index contributed by atoms with van der Waals surface area (Å²) in [5.41, 5.74) is 1.04. The van der Waals surface area contributed by atoms with Crippen molar-refractivity contribution in [1.29, 1.82) is 0 Å². The Balaban J connectivity index is 1.28. The summed E-state index contributed by atoms with van der Waals surface area (Å²) in [6.07, 6.45) is -0.214. The van der Waals surface area contributed by atoms with E-state index in [9.17, 15) is 4.79 Å². The standard InChI is InChI=1S/C21H23N5O4S/c1-25(12-17-13-29-18-5-3-4-6-19(18)30-17)20(27)14-31-21-22-23-24-26(21)11-15-7-9-16(28-2)10-8-15/h3-10,17H,11-14H2,1-2H3/t17-/m0/s1. The number of rotatable bonds is 8. The Morgan fingerprint density at radius 3 is 2.77 bits per heavy atom. The molecule has 1 aliphatic rings. The average Bonchev–Trinajstić information content (AvgIpc) is 3.24. The van der Waals surface area contributed by atoms with Gasteiger partial charge < -0.3 is 19.1 Å². The van der Waals surface area contributed by atoms with E-state index in [1.54, 1.807) is 23.7 Å². The quantitative estimate of drug-likeness (QED) is 0.491. The summed E-state index contributed by atoms with van der Waals surface area (Å²) in [5.74, 6) is 2.41. The van der Waals surface area contributed by atoms with Gasteiger partial charge in [-0.25, -0.2) is 4.68 Å². The zero-order valence-electron chi connectivity index (χ0n) is 17.3. The van der Waals surface area contributed by atoms with Crippen LogP contribution in [0.1, 0.15) is 5.56 Å². The van der Waals surface area contributed by atoms with Crippen LogP contribution in [0.25, 0.3) is 0 Å². The molecule has 162 valence electrons. The Morgan fingerprint density at radius 1 is 1.23 bits per heavy atom. The molecule has 1 atom stereocenters. The Labute approximate surface area is 184 Å². The molecule has 1 amide bonds. The zero-order valence-corrected chi connectivity index (χ0v) is 18.1. The van der Waals surface area contributed by atoms with Crippen LogP contribution < -0.4 is 14.2 Å². The van der Waals surface area contributed by atoms with Gasteiger partial charge >= 0.3 is 0 Å². The SMILES string of the molecule is COc1ccc(Cn2nnnc2SCC(=O)N(C)C[C@H]2COc3ccccc3O2)cc1. The van der Waals surface area contributed by atoms with Crippen molar-refractivity contribution < 1.29 is 19.0 Å². The van der Waals surface area contributed by atoms with Crippen molar-refractivity contribution in [3.05, 3.63) is 54.1 Å². The first kappa shape index (κ1) is 21.0. The van der Waals surface area contributed by atoms with E-state index < -0.39 is 0 Å². The topological polar surface area (TPSA) is 91.6 Å². The van der Waals surface area contributed by atoms with E-state index in [1.807, 2.05) is 48.5 Å². The molecule has 0 bridgehead atoms. The summed E-state index contributed by atoms with van der Waals surface area (Å²) in [6.45, 7) is 1.35. The van der Waals surface area contributed by atoms with Crippen molar-refractivity contribution in [3.8, 4) is 17.2 Å². The first-order chi connectivity index (χ1) is 15.1. The van der Waals surface area contributed by atoms with Crippen molar-refractivity contribution >= 4 is 17.7 Å². The number of nitrogens with zero attached hydrogens (tertiary/aromatic N) is 5. The minimum Gasteiger partial charge on any atom is -0.497 e. The second-order valence-electron chi connectivity index (χ2n) is 7.03. The van der Waals surface area contributed by atoms with Crippen LogP contribution in [-0.4, -0.2) is 70.2 Å². The second kappa shape index (κ2) is 9.69. The smallest absolute Gasteiger partial charge is 0.232 e. The minimum atomic E-state index is -0.214. The lowest BCUT2D eigenvalue weighted by atomic mass is 10.2. The van der Waals surface area contributed by atoms with Gasteiger partial charge in [0.2, 0.25) is 11.1 Å². The lowest BCUT2D eigenvalue weighted by Gasteiger charge is -2.29. The van der Waals surface area contributed by atoms with Crippen LogP contribution in [0.15, 0.2) is 53.7 Å². The number of tetrazole rings is 1. The van der Waals surface area contributed by atoms with Gasteiger partial charge in [-0.05, 0) is 40.3 Å². The third-order valence-corrected chi connectivity index (χ3v) is 5.73. The number of aromatic nitrogens is 4. The number of hydrogen-bond donors (Lipinski definition) is 0. The number of benzene rings is 2. The third-order valence-electron chi connectivity index (χ3n) is 4.79. The molecule has 9 nitrogen and oxygen atoms in total. The largest absolute Gasteiger partial charge is 0.497 e. The highest BCUT2D eigenvalue weighted by molar-refractivity contribution is 7.99. The van der Waals surface area contributed by atoms with E-state index in [0.29, 0.717) is 30.6 Å². The molecule has 0 saturated carbocycles. The molecule has 0 N–H and O–H groups in total. The van der Waals surface area contributed by atoms with Gasteiger partial charge in [-0.1, -0.05) is 36.0 Å². The summed E-state index contributed by atoms with van der Waals surface area (Å²) < 4.78 is 18.5. The van der Waals surface area contributed by atoms with Gasteiger partial charge in [-0.15, -0.1) is 5.10 Å². The first-order valence-corrected chi connectivity index (χ1v) is 10.8. The van der Waals surface area contributed by atoms with E-state index in [4.69, 9.17) is 14.2 Å². The van der Waals surface area contributed by atoms with Crippen molar-refractivity contribution in [1.82, 2.24) is 25.1 Å². The molecule has 0 radical (unpaired) electrons. The van der Waals surface area contributed by atoms with Crippen molar-refractivity contribution in [2.75, 3.05) is 33.1 Å². The van der Waals surface area contributed by atoms with Gasteiger partial charge in [-0.2, -0.15) is 0 Å². The molecule has 0 aliphatic carbocycles. The third kappa shape index (κ3) is 5.26. The van der Waals surface area contributed by atoms with Crippen molar-refractivity contribution in [3.63, 3.8) is 0 Å². The number of ether oxygens (including phenoxy) is 3. The van der Waals surface area contributed by atoms with Gasteiger partial charge in [0.05, 0.1) is 26.0 Å². The summed E-state index contributed by atoms with van der Waals surface area (Å²) in [4.78, 5) is 14.3. The number of amides is 1. The van der Waals surface area contributed by atoms with Gasteiger partial charge in [0, 0.05) is 7.05 Å². The van der Waals surface area contributed by atoms with Gasteiger partial charge in [-0.3, -0.25) is 4.79 Å². The number of hydrogen-bond acceptors (Lipinski definition) is 8. The predicted octanol–water partition coefficient (Wildman–Crippen LogP) is 2.12. The van der Waals surface area contributed by atoms with Crippen LogP contribution in [0, 0.1) is 0 Å². The minimum absolute atomic E-state index is 0.0357. The average molecular weight is 442 g/mol. The maximum Gasteiger partial charge on any atom is 0.232 e. The maximum absolute atomic E-state index is 12.6. The number of methoxy groups -OCH3 is 1. The van der Waals surface area contributed by atoms with Crippen LogP contribution in [0.2, 0.25) is 0 Å². The molecule has 31 heavy (non-hydrogen) atoms. The van der Waals surface area contributed by atoms with Gasteiger partial charge in [0.1, 0.15) is 12.4 Å². The summed E-state index contributed by atoms with van der Waals surface area (Å²) in [7, 11) is 3.39. The highest BCUT2D eigenvalue weighted by Gasteiger charge is 2.24. The lowest BCUT2D eigenvalue weighted by molar-refractivity contribution is -0.128. The molecule has 4 rings (SSSR count). The Hall–Kier alpha value is -3.27. The summed E-state index contributed by atoms with van der Waals surface area (Å²) in [5, 5.41) is 12.4. The van der Waals surface area contributed by atoms with E-state index in [-0.39, 0.29) is 17.8 Å². The second-order valence-corrected chi connectivity index (χ2v) is 7.97. The zero-order chi connectivity index (χ0) is 21.6. The molecule has 1 aliphatic heterocycles. The molecule has 1 aromatic heterocycles. The van der Waals surface area contributed by atoms with Crippen LogP contribution >= 0.6 is 11.8 Å². The summed E-state index contributed by atoms with van der Waals surface area (Å²) >= 11 is 1.31. The highest BCUT2D eigenvalue weighted by Crippen LogP contribution is 2.31. The molecule has 3 aromatic rings. The van der Waals surface area contributed by atoms with Crippen LogP contribution in [-0.2, 0) is 11.3 Å². The van der Waals surface area contributed by atoms with Crippen molar-refractivity contribution in [2.45, 2.75) is 17.8 Å². The highest BCUT2D eigenvalue weighted by atomic mass is 32.2.